The molecule has 4 N–H and O–H groups in total. The van der Waals surface area contributed by atoms with Crippen LogP contribution in [0, 0.1) is 0 Å². The number of hydrogen-bond acceptors (Lipinski definition) is 12. The monoisotopic (exact) mass is 406 g/mol. The lowest BCUT2D eigenvalue weighted by atomic mass is 10.0. The first kappa shape index (κ1) is 21.9. The molecule has 1 rings (SSSR count). The fourth-order valence-corrected chi connectivity index (χ4v) is 3.65. The van der Waals surface area contributed by atoms with Crippen molar-refractivity contribution < 1.29 is 42.4 Å². The summed E-state index contributed by atoms with van der Waals surface area (Å²) < 4.78 is 40.8. The van der Waals surface area contributed by atoms with E-state index in [0.29, 0.717) is 6.42 Å². The van der Waals surface area contributed by atoms with E-state index >= 15 is 0 Å². The Morgan fingerprint density at radius 3 is 2.50 bits per heavy atom. The number of oxime groups is 1. The first-order valence-corrected chi connectivity index (χ1v) is 10.5. The van der Waals surface area contributed by atoms with Gasteiger partial charge >= 0.3 is 0 Å². The minimum Gasteiger partial charge on any atom is -0.714 e. The highest BCUT2D eigenvalue weighted by molar-refractivity contribution is 8.14. The Labute approximate surface area is 148 Å². The highest BCUT2D eigenvalue weighted by atomic mass is 32.3. The highest BCUT2D eigenvalue weighted by Crippen LogP contribution is 2.30. The molecule has 0 radical (unpaired) electrons. The van der Waals surface area contributed by atoms with Gasteiger partial charge in [-0.25, -0.2) is 0 Å². The van der Waals surface area contributed by atoms with Gasteiger partial charge in [0.15, 0.2) is 0 Å². The molecule has 142 valence electrons. The first-order valence-electron chi connectivity index (χ1n) is 6.87. The van der Waals surface area contributed by atoms with Crippen molar-refractivity contribution in [2.45, 2.75) is 42.7 Å². The van der Waals surface area contributed by atoms with Gasteiger partial charge in [0.05, 0.1) is 6.61 Å². The molecule has 0 bridgehead atoms. The number of rotatable bonds is 8. The standard InChI is InChI=1S/C11H21NO9S3/c1-22-4-2-3-7(12-21-24(17,18)19)23-11-10(16)9(15)8(14)6(5-13)20-11/h6,8-11,13-16H,2-5H2,1H3,(H,17,18,19)/p-1/t6-,8-,9+,10-,11+/m1/s1. The largest absolute Gasteiger partial charge is 0.714 e. The van der Waals surface area contributed by atoms with E-state index in [1.165, 1.54) is 0 Å². The zero-order chi connectivity index (χ0) is 18.3. The molecule has 10 nitrogen and oxygen atoms in total. The van der Waals surface area contributed by atoms with Crippen molar-refractivity contribution >= 4 is 39.0 Å². The Bertz CT molecular complexity index is 513. The summed E-state index contributed by atoms with van der Waals surface area (Å²) in [5, 5.41) is 41.9. The third-order valence-corrected chi connectivity index (χ3v) is 5.20. The Kier molecular flexibility index (Phi) is 9.25. The van der Waals surface area contributed by atoms with Gasteiger partial charge in [0.2, 0.25) is 0 Å². The molecule has 13 heteroatoms. The van der Waals surface area contributed by atoms with Crippen LogP contribution in [0.5, 0.6) is 0 Å². The second kappa shape index (κ2) is 10.1. The van der Waals surface area contributed by atoms with Crippen LogP contribution in [0.2, 0.25) is 0 Å². The molecule has 0 aromatic heterocycles. The maximum Gasteiger partial charge on any atom is 0.284 e. The Balaban J connectivity index is 2.82. The second-order valence-corrected chi connectivity index (χ2v) is 8.00. The maximum atomic E-state index is 10.5. The van der Waals surface area contributed by atoms with E-state index < -0.39 is 46.9 Å². The minimum absolute atomic E-state index is 0.0628. The van der Waals surface area contributed by atoms with Gasteiger partial charge in [-0.1, -0.05) is 16.9 Å². The molecule has 0 saturated carbocycles. The van der Waals surface area contributed by atoms with Gasteiger partial charge in [-0.15, -0.1) is 0 Å². The van der Waals surface area contributed by atoms with Crippen molar-refractivity contribution in [3.63, 3.8) is 0 Å². The Hall–Kier alpha value is -0.120. The van der Waals surface area contributed by atoms with Crippen LogP contribution in [-0.4, -0.2) is 86.9 Å². The van der Waals surface area contributed by atoms with E-state index in [-0.39, 0.29) is 11.5 Å². The van der Waals surface area contributed by atoms with Crippen LogP contribution in [0.1, 0.15) is 12.8 Å². The molecule has 0 aromatic carbocycles. The first-order chi connectivity index (χ1) is 11.2. The van der Waals surface area contributed by atoms with Crippen molar-refractivity contribution in [2.24, 2.45) is 5.16 Å². The summed E-state index contributed by atoms with van der Waals surface area (Å²) >= 11 is 2.29. The van der Waals surface area contributed by atoms with Gasteiger partial charge < -0.3 is 29.7 Å². The van der Waals surface area contributed by atoms with E-state index in [0.717, 1.165) is 17.5 Å². The van der Waals surface area contributed by atoms with Crippen LogP contribution in [0.4, 0.5) is 0 Å². The molecule has 1 heterocycles. The predicted molar refractivity (Wildman–Crippen MR) is 87.2 cm³/mol. The molecule has 1 fully saturated rings. The SMILES string of the molecule is CSCCCC(=NOS(=O)(=O)[O-])S[C@@H]1O[C@H](CO)[C@@H](O)[C@H](O)[C@H]1O. The summed E-state index contributed by atoms with van der Waals surface area (Å²) in [5.41, 5.74) is -1.13. The Morgan fingerprint density at radius 1 is 1.29 bits per heavy atom. The van der Waals surface area contributed by atoms with E-state index in [1.807, 2.05) is 6.26 Å². The van der Waals surface area contributed by atoms with Crippen molar-refractivity contribution in [2.75, 3.05) is 18.6 Å². The predicted octanol–water partition coefficient (Wildman–Crippen LogP) is -1.55. The lowest BCUT2D eigenvalue weighted by Gasteiger charge is -2.39. The van der Waals surface area contributed by atoms with Crippen molar-refractivity contribution in [3.05, 3.63) is 0 Å². The van der Waals surface area contributed by atoms with E-state index in [2.05, 4.69) is 9.44 Å². The van der Waals surface area contributed by atoms with Crippen LogP contribution in [0.3, 0.4) is 0 Å². The average molecular weight is 406 g/mol. The molecule has 0 aliphatic carbocycles. The van der Waals surface area contributed by atoms with Crippen LogP contribution >= 0.6 is 23.5 Å². The van der Waals surface area contributed by atoms with Crippen LogP contribution in [0.25, 0.3) is 0 Å². The van der Waals surface area contributed by atoms with Gasteiger partial charge in [-0.2, -0.15) is 20.2 Å². The smallest absolute Gasteiger partial charge is 0.284 e. The summed E-state index contributed by atoms with van der Waals surface area (Å²) in [6, 6.07) is 0. The van der Waals surface area contributed by atoms with E-state index in [1.54, 1.807) is 11.8 Å². The second-order valence-electron chi connectivity index (χ2n) is 4.88. The van der Waals surface area contributed by atoms with Gasteiger partial charge in [-0.3, -0.25) is 4.28 Å². The van der Waals surface area contributed by atoms with Crippen LogP contribution < -0.4 is 0 Å². The third-order valence-electron chi connectivity index (χ3n) is 3.07. The number of thioether (sulfide) groups is 2. The molecule has 0 spiro atoms. The topological polar surface area (TPSA) is 169 Å². The molecule has 0 unspecified atom stereocenters. The molecule has 1 saturated heterocycles. The molecule has 5 atom stereocenters. The normalized spacial score (nSPS) is 31.9. The number of ether oxygens (including phenoxy) is 1. The van der Waals surface area contributed by atoms with Crippen molar-refractivity contribution in [1.82, 2.24) is 0 Å². The number of hydrogen-bond donors (Lipinski definition) is 4. The number of aliphatic hydroxyl groups is 4. The fraction of sp³-hybridized carbons (Fsp3) is 0.909. The zero-order valence-electron chi connectivity index (χ0n) is 12.7. The van der Waals surface area contributed by atoms with Crippen molar-refractivity contribution in [1.29, 1.82) is 0 Å². The van der Waals surface area contributed by atoms with E-state index in [4.69, 9.17) is 9.84 Å². The zero-order valence-corrected chi connectivity index (χ0v) is 15.2. The molecule has 1 aliphatic rings. The maximum absolute atomic E-state index is 10.5. The highest BCUT2D eigenvalue weighted by Gasteiger charge is 2.44. The average Bonchev–Trinajstić information content (AvgIpc) is 2.52. The molecular formula is C11H20NO9S3-. The summed E-state index contributed by atoms with van der Waals surface area (Å²) in [6.07, 6.45) is -2.97. The van der Waals surface area contributed by atoms with Gasteiger partial charge in [0.25, 0.3) is 10.4 Å². The third kappa shape index (κ3) is 7.01. The quantitative estimate of drug-likeness (QED) is 0.0919. The summed E-state index contributed by atoms with van der Waals surface area (Å²) in [7, 11) is -5.03. The van der Waals surface area contributed by atoms with Crippen molar-refractivity contribution in [3.8, 4) is 0 Å². The summed E-state index contributed by atoms with van der Waals surface area (Å²) in [4.78, 5) is 0. The number of nitrogens with zero attached hydrogens (tertiary/aromatic N) is 1. The van der Waals surface area contributed by atoms with Gasteiger partial charge in [-0.05, 0) is 18.4 Å². The van der Waals surface area contributed by atoms with Crippen LogP contribution in [0.15, 0.2) is 5.16 Å². The van der Waals surface area contributed by atoms with Gasteiger partial charge in [0, 0.05) is 6.42 Å². The fourth-order valence-electron chi connectivity index (χ4n) is 1.88. The summed E-state index contributed by atoms with van der Waals surface area (Å²) in [6.45, 7) is -0.591. The Morgan fingerprint density at radius 2 is 1.96 bits per heavy atom. The number of aliphatic hydroxyl groups excluding tert-OH is 4. The molecule has 1 aliphatic heterocycles. The minimum atomic E-state index is -5.03. The molecule has 24 heavy (non-hydrogen) atoms. The molecular weight excluding hydrogens is 386 g/mol. The lowest BCUT2D eigenvalue weighted by Crippen LogP contribution is -2.57. The van der Waals surface area contributed by atoms with Crippen LogP contribution in [-0.2, 0) is 19.4 Å². The van der Waals surface area contributed by atoms with E-state index in [9.17, 15) is 28.3 Å². The molecule has 0 aromatic rings. The molecule has 0 amide bonds. The summed E-state index contributed by atoms with van der Waals surface area (Å²) in [5.74, 6) is 0.735. The lowest BCUT2D eigenvalue weighted by molar-refractivity contribution is -0.205. The van der Waals surface area contributed by atoms with Gasteiger partial charge in [0.1, 0.15) is 34.9 Å².